The van der Waals surface area contributed by atoms with Crippen LogP contribution in [0.2, 0.25) is 0 Å². The fourth-order valence-electron chi connectivity index (χ4n) is 2.17. The minimum atomic E-state index is -0.570. The van der Waals surface area contributed by atoms with Crippen molar-refractivity contribution in [1.82, 2.24) is 4.90 Å². The van der Waals surface area contributed by atoms with Crippen molar-refractivity contribution in [2.24, 2.45) is 0 Å². The maximum atomic E-state index is 12.9. The zero-order chi connectivity index (χ0) is 15.9. The summed E-state index contributed by atoms with van der Waals surface area (Å²) >= 11 is 0. The zero-order valence-corrected chi connectivity index (χ0v) is 12.8. The SMILES string of the molecule is CC[C@@H](Oc1ccc(F)cc1)C(=O)N(C)Cc1ccccc1. The van der Waals surface area contributed by atoms with Crippen molar-refractivity contribution in [2.75, 3.05) is 7.05 Å². The smallest absolute Gasteiger partial charge is 0.263 e. The van der Waals surface area contributed by atoms with Crippen LogP contribution in [0.1, 0.15) is 18.9 Å². The average Bonchev–Trinajstić information content (AvgIpc) is 2.54. The molecule has 0 fully saturated rings. The van der Waals surface area contributed by atoms with E-state index in [1.165, 1.54) is 24.3 Å². The van der Waals surface area contributed by atoms with Gasteiger partial charge in [0.25, 0.3) is 5.91 Å². The van der Waals surface area contributed by atoms with Gasteiger partial charge >= 0.3 is 0 Å². The predicted molar refractivity (Wildman–Crippen MR) is 84.0 cm³/mol. The van der Waals surface area contributed by atoms with Gasteiger partial charge in [0.15, 0.2) is 6.10 Å². The monoisotopic (exact) mass is 301 g/mol. The van der Waals surface area contributed by atoms with E-state index in [-0.39, 0.29) is 11.7 Å². The summed E-state index contributed by atoms with van der Waals surface area (Å²) < 4.78 is 18.6. The fraction of sp³-hybridized carbons (Fsp3) is 0.278. The summed E-state index contributed by atoms with van der Waals surface area (Å²) in [6, 6.07) is 15.5. The normalized spacial score (nSPS) is 11.8. The third-order valence-electron chi connectivity index (χ3n) is 3.38. The second-order valence-corrected chi connectivity index (χ2v) is 5.15. The molecule has 0 N–H and O–H groups in total. The van der Waals surface area contributed by atoms with Crippen molar-refractivity contribution in [2.45, 2.75) is 26.0 Å². The number of benzene rings is 2. The Kier molecular flexibility index (Phi) is 5.53. The van der Waals surface area contributed by atoms with Crippen molar-refractivity contribution >= 4 is 5.91 Å². The van der Waals surface area contributed by atoms with Crippen LogP contribution in [0.4, 0.5) is 4.39 Å². The topological polar surface area (TPSA) is 29.5 Å². The molecule has 2 rings (SSSR count). The molecule has 0 radical (unpaired) electrons. The van der Waals surface area contributed by atoms with Gasteiger partial charge in [0, 0.05) is 13.6 Å². The molecule has 2 aromatic rings. The molecule has 22 heavy (non-hydrogen) atoms. The van der Waals surface area contributed by atoms with Crippen LogP contribution in [0.25, 0.3) is 0 Å². The molecule has 0 heterocycles. The molecule has 2 aromatic carbocycles. The molecule has 1 atom stereocenters. The van der Waals surface area contributed by atoms with Crippen LogP contribution >= 0.6 is 0 Å². The van der Waals surface area contributed by atoms with Gasteiger partial charge in [-0.25, -0.2) is 4.39 Å². The highest BCUT2D eigenvalue weighted by Crippen LogP contribution is 2.16. The van der Waals surface area contributed by atoms with Crippen molar-refractivity contribution < 1.29 is 13.9 Å². The summed E-state index contributed by atoms with van der Waals surface area (Å²) in [5.74, 6) is 0.0818. The van der Waals surface area contributed by atoms with Gasteiger partial charge in [-0.05, 0) is 36.2 Å². The van der Waals surface area contributed by atoms with Crippen molar-refractivity contribution in [3.05, 3.63) is 66.0 Å². The Hall–Kier alpha value is -2.36. The molecule has 3 nitrogen and oxygen atoms in total. The number of nitrogens with zero attached hydrogens (tertiary/aromatic N) is 1. The molecule has 0 aliphatic carbocycles. The first-order chi connectivity index (χ1) is 10.6. The number of hydrogen-bond donors (Lipinski definition) is 0. The Bertz CT molecular complexity index is 598. The second-order valence-electron chi connectivity index (χ2n) is 5.15. The summed E-state index contributed by atoms with van der Waals surface area (Å²) in [7, 11) is 1.76. The van der Waals surface area contributed by atoms with Gasteiger partial charge in [-0.3, -0.25) is 4.79 Å². The van der Waals surface area contributed by atoms with Crippen LogP contribution in [0.3, 0.4) is 0 Å². The largest absolute Gasteiger partial charge is 0.481 e. The summed E-state index contributed by atoms with van der Waals surface area (Å²) in [4.78, 5) is 14.1. The number of amides is 1. The lowest BCUT2D eigenvalue weighted by Gasteiger charge is -2.24. The quantitative estimate of drug-likeness (QED) is 0.815. The first-order valence-corrected chi connectivity index (χ1v) is 7.31. The van der Waals surface area contributed by atoms with Crippen LogP contribution in [0.5, 0.6) is 5.75 Å². The van der Waals surface area contributed by atoms with Crippen LogP contribution < -0.4 is 4.74 Å². The minimum Gasteiger partial charge on any atom is -0.481 e. The van der Waals surface area contributed by atoms with Gasteiger partial charge in [-0.2, -0.15) is 0 Å². The molecular weight excluding hydrogens is 281 g/mol. The minimum absolute atomic E-state index is 0.0873. The lowest BCUT2D eigenvalue weighted by molar-refractivity contribution is -0.138. The fourth-order valence-corrected chi connectivity index (χ4v) is 2.17. The van der Waals surface area contributed by atoms with Gasteiger partial charge in [-0.15, -0.1) is 0 Å². The third-order valence-corrected chi connectivity index (χ3v) is 3.38. The summed E-state index contributed by atoms with van der Waals surface area (Å²) in [5, 5.41) is 0. The predicted octanol–water partition coefficient (Wildman–Crippen LogP) is 3.64. The Morgan fingerprint density at radius 2 is 1.77 bits per heavy atom. The Labute approximate surface area is 130 Å². The van der Waals surface area contributed by atoms with Gasteiger partial charge in [0.2, 0.25) is 0 Å². The number of halogens is 1. The third kappa shape index (κ3) is 4.32. The van der Waals surface area contributed by atoms with Crippen molar-refractivity contribution in [1.29, 1.82) is 0 Å². The second kappa shape index (κ2) is 7.59. The van der Waals surface area contributed by atoms with E-state index in [1.54, 1.807) is 11.9 Å². The van der Waals surface area contributed by atoms with Crippen LogP contribution in [0, 0.1) is 5.82 Å². The molecule has 0 spiro atoms. The maximum Gasteiger partial charge on any atom is 0.263 e. The molecule has 0 aromatic heterocycles. The first kappa shape index (κ1) is 16.0. The molecule has 0 saturated carbocycles. The standard InChI is InChI=1S/C18H20FNO2/c1-3-17(22-16-11-9-15(19)10-12-16)18(21)20(2)13-14-7-5-4-6-8-14/h4-12,17H,3,13H2,1-2H3/t17-/m1/s1. The average molecular weight is 301 g/mol. The molecule has 0 saturated heterocycles. The molecule has 0 unspecified atom stereocenters. The van der Waals surface area contributed by atoms with E-state index in [0.29, 0.717) is 18.7 Å². The van der Waals surface area contributed by atoms with E-state index < -0.39 is 6.10 Å². The molecule has 1 amide bonds. The maximum absolute atomic E-state index is 12.9. The molecular formula is C18H20FNO2. The number of likely N-dealkylation sites (N-methyl/N-ethyl adjacent to an activating group) is 1. The van der Waals surface area contributed by atoms with E-state index in [9.17, 15) is 9.18 Å². The van der Waals surface area contributed by atoms with Gasteiger partial charge < -0.3 is 9.64 Å². The Balaban J connectivity index is 2.00. The van der Waals surface area contributed by atoms with Gasteiger partial charge in [-0.1, -0.05) is 37.3 Å². The highest BCUT2D eigenvalue weighted by molar-refractivity contribution is 5.81. The number of carbonyl (C=O) groups is 1. The molecule has 0 aliphatic rings. The summed E-state index contributed by atoms with van der Waals surface area (Å²) in [6.07, 6.45) is -0.0193. The van der Waals surface area contributed by atoms with E-state index >= 15 is 0 Å². The Morgan fingerprint density at radius 1 is 1.14 bits per heavy atom. The summed E-state index contributed by atoms with van der Waals surface area (Å²) in [6.45, 7) is 2.42. The van der Waals surface area contributed by atoms with Gasteiger partial charge in [0.05, 0.1) is 0 Å². The lowest BCUT2D eigenvalue weighted by atomic mass is 10.2. The first-order valence-electron chi connectivity index (χ1n) is 7.31. The zero-order valence-electron chi connectivity index (χ0n) is 12.8. The van der Waals surface area contributed by atoms with Crippen LogP contribution in [-0.2, 0) is 11.3 Å². The number of hydrogen-bond acceptors (Lipinski definition) is 2. The van der Waals surface area contributed by atoms with Gasteiger partial charge in [0.1, 0.15) is 11.6 Å². The van der Waals surface area contributed by atoms with Crippen LogP contribution in [0.15, 0.2) is 54.6 Å². The van der Waals surface area contributed by atoms with Crippen LogP contribution in [-0.4, -0.2) is 24.0 Å². The molecule has 4 heteroatoms. The summed E-state index contributed by atoms with van der Waals surface area (Å²) in [5.41, 5.74) is 1.06. The highest BCUT2D eigenvalue weighted by Gasteiger charge is 2.22. The molecule has 116 valence electrons. The number of rotatable bonds is 6. The van der Waals surface area contributed by atoms with Crippen molar-refractivity contribution in [3.63, 3.8) is 0 Å². The Morgan fingerprint density at radius 3 is 2.36 bits per heavy atom. The van der Waals surface area contributed by atoms with E-state index in [4.69, 9.17) is 4.74 Å². The molecule has 0 bridgehead atoms. The number of ether oxygens (including phenoxy) is 1. The molecule has 0 aliphatic heterocycles. The van der Waals surface area contributed by atoms with E-state index in [1.807, 2.05) is 37.3 Å². The number of carbonyl (C=O) groups excluding carboxylic acids is 1. The van der Waals surface area contributed by atoms with E-state index in [0.717, 1.165) is 5.56 Å². The van der Waals surface area contributed by atoms with E-state index in [2.05, 4.69) is 0 Å². The lowest BCUT2D eigenvalue weighted by Crippen LogP contribution is -2.39. The van der Waals surface area contributed by atoms with Crippen molar-refractivity contribution in [3.8, 4) is 5.75 Å². The highest BCUT2D eigenvalue weighted by atomic mass is 19.1.